The van der Waals surface area contributed by atoms with E-state index in [-0.39, 0.29) is 6.04 Å². The van der Waals surface area contributed by atoms with E-state index in [0.717, 1.165) is 6.42 Å². The summed E-state index contributed by atoms with van der Waals surface area (Å²) in [5.41, 5.74) is 6.84. The van der Waals surface area contributed by atoms with Gasteiger partial charge < -0.3 is 0 Å². The highest BCUT2D eigenvalue weighted by molar-refractivity contribution is 7.10. The molecule has 3 heteroatoms. The molecule has 1 atom stereocenters. The van der Waals surface area contributed by atoms with Crippen molar-refractivity contribution >= 4 is 11.3 Å². The van der Waals surface area contributed by atoms with Gasteiger partial charge in [-0.15, -0.1) is 11.3 Å². The number of benzene rings is 1. The van der Waals surface area contributed by atoms with Crippen LogP contribution in [-0.2, 0) is 6.42 Å². The Hall–Kier alpha value is -1.16. The fraction of sp³-hybridized carbons (Fsp3) is 0.286. The standard InChI is InChI=1S/C14H18N2S/c1-3-11-6-4-5-7-13(11)14(16-15)12-8-9-17-10(12)2/h4-9,14,16H,3,15H2,1-2H3. The number of hydrazine groups is 1. The molecule has 1 aromatic carbocycles. The Bertz CT molecular complexity index is 490. The molecule has 0 saturated carbocycles. The highest BCUT2D eigenvalue weighted by Crippen LogP contribution is 2.29. The van der Waals surface area contributed by atoms with E-state index in [2.05, 4.69) is 55.0 Å². The zero-order valence-corrected chi connectivity index (χ0v) is 11.1. The molecular weight excluding hydrogens is 228 g/mol. The summed E-state index contributed by atoms with van der Waals surface area (Å²) in [5, 5.41) is 2.11. The predicted octanol–water partition coefficient (Wildman–Crippen LogP) is 3.17. The summed E-state index contributed by atoms with van der Waals surface area (Å²) in [6.07, 6.45) is 1.03. The Balaban J connectivity index is 2.46. The van der Waals surface area contributed by atoms with E-state index in [1.54, 1.807) is 11.3 Å². The summed E-state index contributed by atoms with van der Waals surface area (Å²) in [6.45, 7) is 4.31. The lowest BCUT2D eigenvalue weighted by molar-refractivity contribution is 0.630. The zero-order chi connectivity index (χ0) is 12.3. The van der Waals surface area contributed by atoms with Gasteiger partial charge in [0.25, 0.3) is 0 Å². The second-order valence-corrected chi connectivity index (χ2v) is 5.20. The zero-order valence-electron chi connectivity index (χ0n) is 10.2. The van der Waals surface area contributed by atoms with Crippen LogP contribution < -0.4 is 11.3 Å². The highest BCUT2D eigenvalue weighted by atomic mass is 32.1. The SMILES string of the molecule is CCc1ccccc1C(NN)c1ccsc1C. The van der Waals surface area contributed by atoms with Gasteiger partial charge in [0, 0.05) is 4.88 Å². The molecule has 0 spiro atoms. The molecule has 90 valence electrons. The van der Waals surface area contributed by atoms with Gasteiger partial charge in [-0.1, -0.05) is 31.2 Å². The maximum absolute atomic E-state index is 5.74. The van der Waals surface area contributed by atoms with E-state index in [4.69, 9.17) is 5.84 Å². The van der Waals surface area contributed by atoms with Crippen LogP contribution in [0.1, 0.15) is 34.5 Å². The molecule has 1 unspecified atom stereocenters. The van der Waals surface area contributed by atoms with E-state index in [0.29, 0.717) is 0 Å². The second-order valence-electron chi connectivity index (χ2n) is 4.08. The minimum absolute atomic E-state index is 0.0948. The van der Waals surface area contributed by atoms with Gasteiger partial charge in [0.05, 0.1) is 6.04 Å². The van der Waals surface area contributed by atoms with Crippen LogP contribution in [0, 0.1) is 6.92 Å². The number of aryl methyl sites for hydroxylation is 2. The van der Waals surface area contributed by atoms with Crippen LogP contribution in [0.3, 0.4) is 0 Å². The van der Waals surface area contributed by atoms with E-state index < -0.39 is 0 Å². The molecule has 0 saturated heterocycles. The number of nitrogens with one attached hydrogen (secondary N) is 1. The monoisotopic (exact) mass is 246 g/mol. The van der Waals surface area contributed by atoms with Crippen LogP contribution in [0.5, 0.6) is 0 Å². The van der Waals surface area contributed by atoms with Gasteiger partial charge in [0.1, 0.15) is 0 Å². The summed E-state index contributed by atoms with van der Waals surface area (Å²) in [4.78, 5) is 1.32. The van der Waals surface area contributed by atoms with Crippen molar-refractivity contribution in [2.24, 2.45) is 5.84 Å². The third-order valence-electron chi connectivity index (χ3n) is 3.12. The van der Waals surface area contributed by atoms with Gasteiger partial charge in [-0.05, 0) is 41.5 Å². The van der Waals surface area contributed by atoms with Gasteiger partial charge in [-0.3, -0.25) is 5.84 Å². The normalized spacial score (nSPS) is 12.6. The minimum atomic E-state index is 0.0948. The molecule has 3 N–H and O–H groups in total. The van der Waals surface area contributed by atoms with Gasteiger partial charge in [-0.25, -0.2) is 5.43 Å². The van der Waals surface area contributed by atoms with Gasteiger partial charge >= 0.3 is 0 Å². The molecule has 2 aromatic rings. The topological polar surface area (TPSA) is 38.0 Å². The number of hydrogen-bond acceptors (Lipinski definition) is 3. The maximum Gasteiger partial charge on any atom is 0.0723 e. The fourth-order valence-corrected chi connectivity index (χ4v) is 2.92. The quantitative estimate of drug-likeness (QED) is 0.642. The first kappa shape index (κ1) is 12.3. The van der Waals surface area contributed by atoms with Crippen molar-refractivity contribution in [1.29, 1.82) is 0 Å². The molecule has 17 heavy (non-hydrogen) atoms. The van der Waals surface area contributed by atoms with Crippen molar-refractivity contribution in [1.82, 2.24) is 5.43 Å². The highest BCUT2D eigenvalue weighted by Gasteiger charge is 2.17. The smallest absolute Gasteiger partial charge is 0.0723 e. The largest absolute Gasteiger partial charge is 0.271 e. The van der Waals surface area contributed by atoms with Crippen molar-refractivity contribution in [3.8, 4) is 0 Å². The third kappa shape index (κ3) is 2.41. The third-order valence-corrected chi connectivity index (χ3v) is 3.99. The van der Waals surface area contributed by atoms with Crippen molar-refractivity contribution in [2.45, 2.75) is 26.3 Å². The minimum Gasteiger partial charge on any atom is -0.271 e. The number of nitrogens with two attached hydrogens (primary N) is 1. The Morgan fingerprint density at radius 2 is 2.00 bits per heavy atom. The van der Waals surface area contributed by atoms with Crippen LogP contribution in [0.4, 0.5) is 0 Å². The van der Waals surface area contributed by atoms with Crippen LogP contribution in [-0.4, -0.2) is 0 Å². The molecule has 1 heterocycles. The second kappa shape index (κ2) is 5.45. The first-order valence-electron chi connectivity index (χ1n) is 5.85. The van der Waals surface area contributed by atoms with Gasteiger partial charge in [0.15, 0.2) is 0 Å². The molecule has 0 amide bonds. The van der Waals surface area contributed by atoms with Crippen molar-refractivity contribution < 1.29 is 0 Å². The van der Waals surface area contributed by atoms with E-state index in [1.165, 1.54) is 21.6 Å². The fourth-order valence-electron chi connectivity index (χ4n) is 2.18. The molecular formula is C14H18N2S. The Morgan fingerprint density at radius 3 is 2.59 bits per heavy atom. The number of hydrogen-bond donors (Lipinski definition) is 2. The molecule has 2 nitrogen and oxygen atoms in total. The lowest BCUT2D eigenvalue weighted by Gasteiger charge is -2.19. The predicted molar refractivity (Wildman–Crippen MR) is 74.0 cm³/mol. The lowest BCUT2D eigenvalue weighted by Crippen LogP contribution is -2.29. The molecule has 0 aliphatic rings. The van der Waals surface area contributed by atoms with Crippen LogP contribution in [0.2, 0.25) is 0 Å². The number of rotatable bonds is 4. The number of thiophene rings is 1. The van der Waals surface area contributed by atoms with Crippen LogP contribution in [0.15, 0.2) is 35.7 Å². The van der Waals surface area contributed by atoms with Gasteiger partial charge in [-0.2, -0.15) is 0 Å². The first-order chi connectivity index (χ1) is 8.27. The molecule has 0 bridgehead atoms. The molecule has 2 rings (SSSR count). The average Bonchev–Trinajstić information content (AvgIpc) is 2.78. The van der Waals surface area contributed by atoms with E-state index in [1.807, 2.05) is 0 Å². The molecule has 0 aliphatic carbocycles. The Labute approximate surface area is 106 Å². The lowest BCUT2D eigenvalue weighted by atomic mass is 9.94. The van der Waals surface area contributed by atoms with E-state index in [9.17, 15) is 0 Å². The average molecular weight is 246 g/mol. The summed E-state index contributed by atoms with van der Waals surface area (Å²) >= 11 is 1.76. The summed E-state index contributed by atoms with van der Waals surface area (Å²) in [6, 6.07) is 10.7. The summed E-state index contributed by atoms with van der Waals surface area (Å²) in [5.74, 6) is 5.74. The van der Waals surface area contributed by atoms with E-state index >= 15 is 0 Å². The molecule has 1 aromatic heterocycles. The maximum atomic E-state index is 5.74. The van der Waals surface area contributed by atoms with Crippen LogP contribution >= 0.6 is 11.3 Å². The van der Waals surface area contributed by atoms with Crippen LogP contribution in [0.25, 0.3) is 0 Å². The first-order valence-corrected chi connectivity index (χ1v) is 6.73. The molecule has 0 aliphatic heterocycles. The summed E-state index contributed by atoms with van der Waals surface area (Å²) < 4.78 is 0. The summed E-state index contributed by atoms with van der Waals surface area (Å²) in [7, 11) is 0. The molecule has 0 radical (unpaired) electrons. The van der Waals surface area contributed by atoms with Crippen molar-refractivity contribution in [3.63, 3.8) is 0 Å². The van der Waals surface area contributed by atoms with Crippen molar-refractivity contribution in [2.75, 3.05) is 0 Å². The molecule has 0 fully saturated rings. The Morgan fingerprint density at radius 1 is 1.24 bits per heavy atom. The Kier molecular flexibility index (Phi) is 3.94. The van der Waals surface area contributed by atoms with Gasteiger partial charge in [0.2, 0.25) is 0 Å². The van der Waals surface area contributed by atoms with Crippen molar-refractivity contribution in [3.05, 3.63) is 57.3 Å².